The Morgan fingerprint density at radius 3 is 1.12 bits per heavy atom. The monoisotopic (exact) mass is 642 g/mol. The van der Waals surface area contributed by atoms with Crippen LogP contribution >= 0.6 is 0 Å². The molecule has 0 aliphatic heterocycles. The number of amides is 2. The zero-order valence-electron chi connectivity index (χ0n) is 30.8. The van der Waals surface area contributed by atoms with Crippen molar-refractivity contribution in [2.24, 2.45) is 0 Å². The topological polar surface area (TPSA) is 58.2 Å². The van der Waals surface area contributed by atoms with E-state index in [0.717, 1.165) is 70.4 Å². The van der Waals surface area contributed by atoms with Gasteiger partial charge in [0.25, 0.3) is 11.8 Å². The van der Waals surface area contributed by atoms with Crippen LogP contribution in [0.1, 0.15) is 139 Å². The largest absolute Gasteiger partial charge is 0.322 e. The van der Waals surface area contributed by atoms with Crippen molar-refractivity contribution in [2.45, 2.75) is 118 Å². The number of rotatable bonds is 6. The number of hydrogen-bond acceptors (Lipinski definition) is 2. The maximum absolute atomic E-state index is 13.6. The average molecular weight is 643 g/mol. The normalized spacial score (nSPS) is 14.8. The molecule has 4 aromatic carbocycles. The molecule has 0 bridgehead atoms. The zero-order chi connectivity index (χ0) is 35.0. The molecule has 5 rings (SSSR count). The van der Waals surface area contributed by atoms with Gasteiger partial charge in [0.15, 0.2) is 0 Å². The Morgan fingerprint density at radius 2 is 0.833 bits per heavy atom. The summed E-state index contributed by atoms with van der Waals surface area (Å²) in [6.07, 6.45) is 5.61. The second-order valence-electron chi connectivity index (χ2n) is 16.2. The van der Waals surface area contributed by atoms with Crippen LogP contribution in [0.2, 0.25) is 0 Å². The van der Waals surface area contributed by atoms with Crippen LogP contribution in [0.3, 0.4) is 0 Å². The molecule has 2 amide bonds. The second-order valence-corrected chi connectivity index (χ2v) is 16.2. The third kappa shape index (κ3) is 7.28. The number of anilines is 2. The summed E-state index contributed by atoms with van der Waals surface area (Å²) >= 11 is 0. The number of aryl methyl sites for hydroxylation is 4. The number of hydrogen-bond donors (Lipinski definition) is 2. The lowest BCUT2D eigenvalue weighted by Gasteiger charge is -2.40. The maximum Gasteiger partial charge on any atom is 0.256 e. The molecule has 1 aliphatic carbocycles. The van der Waals surface area contributed by atoms with Gasteiger partial charge in [-0.15, -0.1) is 0 Å². The van der Waals surface area contributed by atoms with Gasteiger partial charge in [-0.1, -0.05) is 109 Å². The Balaban J connectivity index is 1.44. The summed E-state index contributed by atoms with van der Waals surface area (Å²) in [5.74, 6) is -0.152. The molecule has 4 heteroatoms. The lowest BCUT2D eigenvalue weighted by molar-refractivity contribution is 0.101. The SMILES string of the molecule is Cc1cc(C2(c3cc(C)c(C(=O)Nc4ccc(C(C)(C)C)cc4)c(C)c3)CCCCC2)cc(C)c1C(=O)Nc1ccc(C(C)(C)C)cc1. The molecule has 1 fully saturated rings. The van der Waals surface area contributed by atoms with E-state index < -0.39 is 0 Å². The van der Waals surface area contributed by atoms with Crippen LogP contribution in [-0.2, 0) is 16.2 Å². The Bertz CT molecular complexity index is 1640. The van der Waals surface area contributed by atoms with Gasteiger partial charge in [0, 0.05) is 27.9 Å². The maximum atomic E-state index is 13.6. The van der Waals surface area contributed by atoms with Crippen molar-refractivity contribution in [1.82, 2.24) is 0 Å². The van der Waals surface area contributed by atoms with Gasteiger partial charge in [-0.25, -0.2) is 0 Å². The summed E-state index contributed by atoms with van der Waals surface area (Å²) in [6, 6.07) is 25.3. The molecule has 0 spiro atoms. The van der Waals surface area contributed by atoms with Gasteiger partial charge in [-0.2, -0.15) is 0 Å². The van der Waals surface area contributed by atoms with E-state index in [4.69, 9.17) is 0 Å². The molecule has 0 aromatic heterocycles. The van der Waals surface area contributed by atoms with Crippen LogP contribution < -0.4 is 10.6 Å². The quantitative estimate of drug-likeness (QED) is 0.220. The van der Waals surface area contributed by atoms with Crippen molar-refractivity contribution in [1.29, 1.82) is 0 Å². The summed E-state index contributed by atoms with van der Waals surface area (Å²) < 4.78 is 0. The molecule has 4 aromatic rings. The molecule has 0 saturated heterocycles. The third-order valence-electron chi connectivity index (χ3n) is 10.3. The highest BCUT2D eigenvalue weighted by atomic mass is 16.2. The summed E-state index contributed by atoms with van der Waals surface area (Å²) in [5.41, 5.74) is 12.0. The smallest absolute Gasteiger partial charge is 0.256 e. The van der Waals surface area contributed by atoms with Crippen molar-refractivity contribution in [3.05, 3.63) is 128 Å². The number of nitrogens with one attached hydrogen (secondary N) is 2. The van der Waals surface area contributed by atoms with Crippen molar-refractivity contribution < 1.29 is 9.59 Å². The van der Waals surface area contributed by atoms with E-state index in [2.05, 4.69) is 128 Å². The van der Waals surface area contributed by atoms with Crippen LogP contribution in [-0.4, -0.2) is 11.8 Å². The highest BCUT2D eigenvalue weighted by molar-refractivity contribution is 6.07. The van der Waals surface area contributed by atoms with Crippen LogP contribution in [0.4, 0.5) is 11.4 Å². The fraction of sp³-hybridized carbons (Fsp3) is 0.409. The van der Waals surface area contributed by atoms with E-state index in [9.17, 15) is 9.59 Å². The van der Waals surface area contributed by atoms with Crippen LogP contribution in [0.5, 0.6) is 0 Å². The van der Waals surface area contributed by atoms with Gasteiger partial charge in [0.1, 0.15) is 0 Å². The van der Waals surface area contributed by atoms with Gasteiger partial charge in [0.05, 0.1) is 0 Å². The first-order valence-electron chi connectivity index (χ1n) is 17.6. The van der Waals surface area contributed by atoms with E-state index >= 15 is 0 Å². The second kappa shape index (κ2) is 13.4. The van der Waals surface area contributed by atoms with E-state index in [1.54, 1.807) is 0 Å². The Morgan fingerprint density at radius 1 is 0.521 bits per heavy atom. The lowest BCUT2D eigenvalue weighted by Crippen LogP contribution is -2.32. The molecule has 1 aliphatic rings. The first-order chi connectivity index (χ1) is 22.5. The van der Waals surface area contributed by atoms with E-state index in [-0.39, 0.29) is 28.1 Å². The van der Waals surface area contributed by atoms with Gasteiger partial charge >= 0.3 is 0 Å². The fourth-order valence-corrected chi connectivity index (χ4v) is 7.59. The Hall–Kier alpha value is -4.18. The molecule has 0 atom stereocenters. The van der Waals surface area contributed by atoms with Crippen molar-refractivity contribution in [3.63, 3.8) is 0 Å². The third-order valence-corrected chi connectivity index (χ3v) is 10.3. The molecule has 2 N–H and O–H groups in total. The number of carbonyl (C=O) groups excluding carboxylic acids is 2. The van der Waals surface area contributed by atoms with Gasteiger partial charge < -0.3 is 10.6 Å². The minimum absolute atomic E-state index is 0.0589. The minimum Gasteiger partial charge on any atom is -0.322 e. The van der Waals surface area contributed by atoms with Gasteiger partial charge in [-0.05, 0) is 120 Å². The molecule has 0 unspecified atom stereocenters. The summed E-state index contributed by atoms with van der Waals surface area (Å²) in [5, 5.41) is 6.28. The number of carbonyl (C=O) groups is 2. The van der Waals surface area contributed by atoms with Crippen molar-refractivity contribution in [3.8, 4) is 0 Å². The average Bonchev–Trinajstić information content (AvgIpc) is 3.00. The molecule has 48 heavy (non-hydrogen) atoms. The van der Waals surface area contributed by atoms with Gasteiger partial charge in [-0.3, -0.25) is 9.59 Å². The lowest BCUT2D eigenvalue weighted by atomic mass is 9.64. The van der Waals surface area contributed by atoms with Gasteiger partial charge in [0.2, 0.25) is 0 Å². The molecular formula is C44H54N2O2. The van der Waals surface area contributed by atoms with Crippen molar-refractivity contribution >= 4 is 23.2 Å². The van der Waals surface area contributed by atoms with E-state index in [1.165, 1.54) is 28.7 Å². The van der Waals surface area contributed by atoms with E-state index in [0.29, 0.717) is 0 Å². The summed E-state index contributed by atoms with van der Waals surface area (Å²) in [4.78, 5) is 27.2. The molecule has 0 radical (unpaired) electrons. The first-order valence-corrected chi connectivity index (χ1v) is 17.6. The fourth-order valence-electron chi connectivity index (χ4n) is 7.59. The summed E-state index contributed by atoms with van der Waals surface area (Å²) in [6.45, 7) is 21.4. The molecule has 4 nitrogen and oxygen atoms in total. The Kier molecular flexibility index (Phi) is 9.79. The van der Waals surface area contributed by atoms with Crippen molar-refractivity contribution in [2.75, 3.05) is 10.6 Å². The predicted molar refractivity (Wildman–Crippen MR) is 202 cm³/mol. The predicted octanol–water partition coefficient (Wildman–Crippen LogP) is 11.3. The zero-order valence-corrected chi connectivity index (χ0v) is 30.8. The highest BCUT2D eigenvalue weighted by Gasteiger charge is 2.37. The highest BCUT2D eigenvalue weighted by Crippen LogP contribution is 2.46. The molecular weight excluding hydrogens is 588 g/mol. The molecule has 0 heterocycles. The first kappa shape index (κ1) is 35.1. The summed E-state index contributed by atoms with van der Waals surface area (Å²) in [7, 11) is 0. The van der Waals surface area contributed by atoms with E-state index in [1.807, 2.05) is 24.3 Å². The minimum atomic E-state index is -0.168. The Labute approximate surface area is 288 Å². The molecule has 252 valence electrons. The molecule has 1 saturated carbocycles. The van der Waals surface area contributed by atoms with Crippen LogP contribution in [0.15, 0.2) is 72.8 Å². The van der Waals surface area contributed by atoms with Crippen LogP contribution in [0, 0.1) is 27.7 Å². The standard InChI is InChI=1S/C44H54N2O2/c1-28-24-34(25-29(2)38(28)40(47)45-36-18-14-32(15-19-36)42(5,6)7)44(22-12-11-13-23-44)35-26-30(3)39(31(4)27-35)41(48)46-37-20-16-33(17-21-37)43(8,9)10/h14-21,24-27H,11-13,22-23H2,1-10H3,(H,45,47)(H,46,48). The van der Waals surface area contributed by atoms with Crippen LogP contribution in [0.25, 0.3) is 0 Å². The number of benzene rings is 4.